The molecular formula is C19H23ClN2O4S. The fourth-order valence-electron chi connectivity index (χ4n) is 2.65. The van der Waals surface area contributed by atoms with Gasteiger partial charge in [0.2, 0.25) is 15.9 Å². The second kappa shape index (κ2) is 9.10. The van der Waals surface area contributed by atoms with Gasteiger partial charge in [-0.15, -0.1) is 0 Å². The average Bonchev–Trinajstić information content (AvgIpc) is 2.61. The van der Waals surface area contributed by atoms with Crippen LogP contribution in [0.2, 0.25) is 5.02 Å². The molecule has 2 aromatic carbocycles. The predicted molar refractivity (Wildman–Crippen MR) is 108 cm³/mol. The number of nitrogens with zero attached hydrogens (tertiary/aromatic N) is 1. The molecule has 0 aromatic heterocycles. The maximum atomic E-state index is 12.6. The zero-order chi connectivity index (χ0) is 20.0. The van der Waals surface area contributed by atoms with Crippen molar-refractivity contribution in [1.29, 1.82) is 0 Å². The lowest BCUT2D eigenvalue weighted by Crippen LogP contribution is -2.47. The number of anilines is 1. The van der Waals surface area contributed by atoms with Gasteiger partial charge in [0.1, 0.15) is 11.8 Å². The summed E-state index contributed by atoms with van der Waals surface area (Å²) in [5, 5.41) is 3.26. The molecule has 27 heavy (non-hydrogen) atoms. The summed E-state index contributed by atoms with van der Waals surface area (Å²) in [6, 6.07) is 12.8. The van der Waals surface area contributed by atoms with E-state index in [0.717, 1.165) is 21.9 Å². The highest BCUT2D eigenvalue weighted by Gasteiger charge is 2.28. The van der Waals surface area contributed by atoms with Gasteiger partial charge >= 0.3 is 0 Å². The summed E-state index contributed by atoms with van der Waals surface area (Å²) in [4.78, 5) is 12.6. The lowest BCUT2D eigenvalue weighted by atomic mass is 10.2. The number of rotatable bonds is 8. The zero-order valence-electron chi connectivity index (χ0n) is 15.5. The number of benzene rings is 2. The molecule has 1 amide bonds. The van der Waals surface area contributed by atoms with Crippen molar-refractivity contribution in [2.75, 3.05) is 17.2 Å². The van der Waals surface area contributed by atoms with Crippen LogP contribution < -0.4 is 14.4 Å². The van der Waals surface area contributed by atoms with E-state index in [2.05, 4.69) is 5.32 Å². The molecule has 0 radical (unpaired) electrons. The van der Waals surface area contributed by atoms with Gasteiger partial charge in [0.15, 0.2) is 0 Å². The number of ether oxygens (including phenoxy) is 1. The molecule has 0 heterocycles. The molecule has 146 valence electrons. The third-order valence-corrected chi connectivity index (χ3v) is 5.34. The largest absolute Gasteiger partial charge is 0.494 e. The van der Waals surface area contributed by atoms with Gasteiger partial charge < -0.3 is 10.1 Å². The first-order valence-electron chi connectivity index (χ1n) is 8.46. The fraction of sp³-hybridized carbons (Fsp3) is 0.316. The number of sulfonamides is 1. The molecule has 0 bridgehead atoms. The minimum Gasteiger partial charge on any atom is -0.494 e. The van der Waals surface area contributed by atoms with Gasteiger partial charge in [-0.1, -0.05) is 23.7 Å². The number of amides is 1. The second-order valence-electron chi connectivity index (χ2n) is 6.01. The minimum absolute atomic E-state index is 0.266. The van der Waals surface area contributed by atoms with E-state index in [9.17, 15) is 13.2 Å². The van der Waals surface area contributed by atoms with E-state index in [-0.39, 0.29) is 6.54 Å². The lowest BCUT2D eigenvalue weighted by Gasteiger charge is -2.28. The van der Waals surface area contributed by atoms with Crippen LogP contribution in [-0.4, -0.2) is 33.2 Å². The van der Waals surface area contributed by atoms with Gasteiger partial charge in [-0.25, -0.2) is 8.42 Å². The smallest absolute Gasteiger partial charge is 0.243 e. The van der Waals surface area contributed by atoms with Crippen LogP contribution in [0.3, 0.4) is 0 Å². The van der Waals surface area contributed by atoms with Crippen LogP contribution in [-0.2, 0) is 21.4 Å². The molecule has 0 saturated carbocycles. The highest BCUT2D eigenvalue weighted by atomic mass is 35.5. The first-order valence-corrected chi connectivity index (χ1v) is 10.7. The highest BCUT2D eigenvalue weighted by Crippen LogP contribution is 2.23. The second-order valence-corrected chi connectivity index (χ2v) is 8.31. The van der Waals surface area contributed by atoms with E-state index in [1.807, 2.05) is 31.2 Å². The molecule has 0 fully saturated rings. The van der Waals surface area contributed by atoms with E-state index in [0.29, 0.717) is 17.3 Å². The van der Waals surface area contributed by atoms with E-state index in [1.165, 1.54) is 0 Å². The Kier molecular flexibility index (Phi) is 7.10. The molecule has 1 N–H and O–H groups in total. The van der Waals surface area contributed by atoms with Gasteiger partial charge in [-0.05, 0) is 55.8 Å². The molecule has 6 nitrogen and oxygen atoms in total. The van der Waals surface area contributed by atoms with E-state index < -0.39 is 22.0 Å². The van der Waals surface area contributed by atoms with E-state index >= 15 is 0 Å². The number of carbonyl (C=O) groups is 1. The summed E-state index contributed by atoms with van der Waals surface area (Å²) in [7, 11) is -3.66. The van der Waals surface area contributed by atoms with Crippen molar-refractivity contribution in [2.24, 2.45) is 0 Å². The third-order valence-electron chi connectivity index (χ3n) is 3.85. The summed E-state index contributed by atoms with van der Waals surface area (Å²) in [5.74, 6) is 0.313. The Morgan fingerprint density at radius 3 is 2.48 bits per heavy atom. The molecule has 1 atom stereocenters. The van der Waals surface area contributed by atoms with Crippen molar-refractivity contribution in [3.8, 4) is 5.75 Å². The quantitative estimate of drug-likeness (QED) is 0.725. The molecule has 0 unspecified atom stereocenters. The predicted octanol–water partition coefficient (Wildman–Crippen LogP) is 3.21. The van der Waals surface area contributed by atoms with Crippen molar-refractivity contribution in [2.45, 2.75) is 26.4 Å². The normalized spacial score (nSPS) is 12.3. The van der Waals surface area contributed by atoms with Gasteiger partial charge in [-0.2, -0.15) is 0 Å². The zero-order valence-corrected chi connectivity index (χ0v) is 17.0. The molecule has 0 aliphatic heterocycles. The number of halogens is 1. The molecule has 0 spiro atoms. The van der Waals surface area contributed by atoms with Gasteiger partial charge in [-0.3, -0.25) is 9.10 Å². The summed E-state index contributed by atoms with van der Waals surface area (Å²) in [6.45, 7) is 4.26. The molecule has 2 aromatic rings. The Labute approximate surface area is 165 Å². The van der Waals surface area contributed by atoms with Crippen LogP contribution in [0.1, 0.15) is 19.4 Å². The SMILES string of the molecule is CCOc1cccc(CNC(=O)[C@@H](C)N(c2ccc(Cl)cc2)S(C)(=O)=O)c1. The topological polar surface area (TPSA) is 75.7 Å². The fourth-order valence-corrected chi connectivity index (χ4v) is 3.95. The summed E-state index contributed by atoms with van der Waals surface area (Å²) >= 11 is 5.87. The first kappa shape index (κ1) is 21.1. The molecule has 0 saturated heterocycles. The maximum absolute atomic E-state index is 12.6. The maximum Gasteiger partial charge on any atom is 0.243 e. The van der Waals surface area contributed by atoms with Crippen LogP contribution in [0.15, 0.2) is 48.5 Å². The number of hydrogen-bond acceptors (Lipinski definition) is 4. The Morgan fingerprint density at radius 2 is 1.89 bits per heavy atom. The molecule has 0 aliphatic carbocycles. The Balaban J connectivity index is 2.13. The van der Waals surface area contributed by atoms with Crippen molar-refractivity contribution in [3.05, 3.63) is 59.1 Å². The summed E-state index contributed by atoms with van der Waals surface area (Å²) in [5.41, 5.74) is 1.24. The molecule has 8 heteroatoms. The summed E-state index contributed by atoms with van der Waals surface area (Å²) in [6.07, 6.45) is 1.07. The van der Waals surface area contributed by atoms with E-state index in [4.69, 9.17) is 16.3 Å². The van der Waals surface area contributed by atoms with Gasteiger partial charge in [0, 0.05) is 11.6 Å². The Morgan fingerprint density at radius 1 is 1.22 bits per heavy atom. The molecule has 2 rings (SSSR count). The van der Waals surface area contributed by atoms with Crippen molar-refractivity contribution in [1.82, 2.24) is 5.32 Å². The van der Waals surface area contributed by atoms with Gasteiger partial charge in [0.25, 0.3) is 0 Å². The number of hydrogen-bond donors (Lipinski definition) is 1. The van der Waals surface area contributed by atoms with Gasteiger partial charge in [0.05, 0.1) is 18.6 Å². The molecular weight excluding hydrogens is 388 g/mol. The highest BCUT2D eigenvalue weighted by molar-refractivity contribution is 7.92. The molecule has 0 aliphatic rings. The van der Waals surface area contributed by atoms with Crippen LogP contribution in [0.4, 0.5) is 5.69 Å². The average molecular weight is 411 g/mol. The monoisotopic (exact) mass is 410 g/mol. The van der Waals surface area contributed by atoms with E-state index in [1.54, 1.807) is 31.2 Å². The van der Waals surface area contributed by atoms with Crippen LogP contribution in [0.5, 0.6) is 5.75 Å². The van der Waals surface area contributed by atoms with Crippen LogP contribution >= 0.6 is 11.6 Å². The van der Waals surface area contributed by atoms with Crippen LogP contribution in [0, 0.1) is 0 Å². The van der Waals surface area contributed by atoms with Crippen molar-refractivity contribution in [3.63, 3.8) is 0 Å². The first-order chi connectivity index (χ1) is 12.7. The Hall–Kier alpha value is -2.25. The summed E-state index contributed by atoms with van der Waals surface area (Å²) < 4.78 is 31.0. The van der Waals surface area contributed by atoms with Crippen LogP contribution in [0.25, 0.3) is 0 Å². The van der Waals surface area contributed by atoms with Crippen molar-refractivity contribution < 1.29 is 17.9 Å². The number of carbonyl (C=O) groups excluding carboxylic acids is 1. The van der Waals surface area contributed by atoms with Crippen molar-refractivity contribution >= 4 is 33.2 Å². The lowest BCUT2D eigenvalue weighted by molar-refractivity contribution is -0.122. The standard InChI is InChI=1S/C19H23ClN2O4S/c1-4-26-18-7-5-6-15(12-18)13-21-19(23)14(2)22(27(3,24)25)17-10-8-16(20)9-11-17/h5-12,14H,4,13H2,1-3H3,(H,21,23)/t14-/m1/s1. The number of nitrogens with one attached hydrogen (secondary N) is 1. The Bertz CT molecular complexity index is 885. The minimum atomic E-state index is -3.66. The third kappa shape index (κ3) is 5.87.